The van der Waals surface area contributed by atoms with E-state index in [0.717, 1.165) is 36.2 Å². The highest BCUT2D eigenvalue weighted by Gasteiger charge is 2.35. The zero-order valence-electron chi connectivity index (χ0n) is 17.2. The third kappa shape index (κ3) is 5.72. The Labute approximate surface area is 157 Å². The lowest BCUT2D eigenvalue weighted by atomic mass is 9.71. The third-order valence-corrected chi connectivity index (χ3v) is 8.11. The minimum atomic E-state index is 0.611. The van der Waals surface area contributed by atoms with E-state index in [4.69, 9.17) is 4.74 Å². The van der Waals surface area contributed by atoms with Crippen molar-refractivity contribution < 1.29 is 4.74 Å². The van der Waals surface area contributed by atoms with E-state index in [1.54, 1.807) is 0 Å². The Morgan fingerprint density at radius 3 is 1.88 bits per heavy atom. The Hall–Kier alpha value is -0.0400. The van der Waals surface area contributed by atoms with E-state index in [0.29, 0.717) is 6.10 Å². The van der Waals surface area contributed by atoms with E-state index in [9.17, 15) is 0 Å². The van der Waals surface area contributed by atoms with Crippen LogP contribution in [0.15, 0.2) is 0 Å². The average molecular weight is 349 g/mol. The summed E-state index contributed by atoms with van der Waals surface area (Å²) in [5.74, 6) is 4.82. The molecular weight excluding hydrogens is 304 g/mol. The maximum Gasteiger partial charge on any atom is 0.0603 e. The molecule has 0 amide bonds. The third-order valence-electron chi connectivity index (χ3n) is 8.11. The lowest BCUT2D eigenvalue weighted by Gasteiger charge is -2.41. The standard InChI is InChI=1S/C24H44O/c1-3-5-6-7-20-10-12-21(13-11-20)23-16-17-24(25-18-23)22-14-8-19(4-2)9-15-22/h19-24H,3-18H2,1-2H3. The number of ether oxygens (including phenoxy) is 1. The maximum absolute atomic E-state index is 6.46. The SMILES string of the molecule is CCCCCC1CCC(C2CCC(C3CCC(CC)CC3)OC2)CC1. The van der Waals surface area contributed by atoms with Gasteiger partial charge in [-0.1, -0.05) is 71.6 Å². The largest absolute Gasteiger partial charge is 0.378 e. The Balaban J connectivity index is 1.33. The molecule has 1 heteroatoms. The van der Waals surface area contributed by atoms with Gasteiger partial charge in [0.05, 0.1) is 12.7 Å². The molecule has 0 N–H and O–H groups in total. The molecule has 2 atom stereocenters. The molecule has 1 aliphatic heterocycles. The van der Waals surface area contributed by atoms with Gasteiger partial charge in [0.25, 0.3) is 0 Å². The van der Waals surface area contributed by atoms with Crippen molar-refractivity contribution in [3.8, 4) is 0 Å². The van der Waals surface area contributed by atoms with Crippen LogP contribution < -0.4 is 0 Å². The molecule has 1 saturated heterocycles. The summed E-state index contributed by atoms with van der Waals surface area (Å²) in [4.78, 5) is 0. The molecule has 3 aliphatic rings. The minimum absolute atomic E-state index is 0.611. The first kappa shape index (κ1) is 19.7. The van der Waals surface area contributed by atoms with Crippen LogP contribution in [0.5, 0.6) is 0 Å². The Bertz CT molecular complexity index is 341. The second-order valence-electron chi connectivity index (χ2n) is 9.67. The zero-order valence-corrected chi connectivity index (χ0v) is 17.2. The van der Waals surface area contributed by atoms with Gasteiger partial charge in [-0.3, -0.25) is 0 Å². The van der Waals surface area contributed by atoms with Crippen molar-refractivity contribution in [1.82, 2.24) is 0 Å². The summed E-state index contributed by atoms with van der Waals surface area (Å²) in [6.45, 7) is 5.78. The van der Waals surface area contributed by atoms with Crippen LogP contribution in [0.2, 0.25) is 0 Å². The molecule has 2 saturated carbocycles. The van der Waals surface area contributed by atoms with Crippen molar-refractivity contribution in [1.29, 1.82) is 0 Å². The molecule has 146 valence electrons. The van der Waals surface area contributed by atoms with Gasteiger partial charge in [-0.25, -0.2) is 0 Å². The summed E-state index contributed by atoms with van der Waals surface area (Å²) in [5.41, 5.74) is 0. The second kappa shape index (κ2) is 10.3. The van der Waals surface area contributed by atoms with Gasteiger partial charge < -0.3 is 4.74 Å². The molecule has 3 fully saturated rings. The van der Waals surface area contributed by atoms with Gasteiger partial charge in [-0.2, -0.15) is 0 Å². The quantitative estimate of drug-likeness (QED) is 0.436. The van der Waals surface area contributed by atoms with Crippen LogP contribution in [0.4, 0.5) is 0 Å². The van der Waals surface area contributed by atoms with Gasteiger partial charge in [0.2, 0.25) is 0 Å². The highest BCUT2D eigenvalue weighted by atomic mass is 16.5. The fourth-order valence-corrected chi connectivity index (χ4v) is 6.14. The Kier molecular flexibility index (Phi) is 8.15. The van der Waals surface area contributed by atoms with Crippen LogP contribution in [-0.2, 0) is 4.74 Å². The van der Waals surface area contributed by atoms with Crippen LogP contribution in [0.3, 0.4) is 0 Å². The van der Waals surface area contributed by atoms with Gasteiger partial charge in [0.15, 0.2) is 0 Å². The number of rotatable bonds is 7. The predicted molar refractivity (Wildman–Crippen MR) is 108 cm³/mol. The van der Waals surface area contributed by atoms with Crippen molar-refractivity contribution in [2.45, 2.75) is 116 Å². The molecule has 1 heterocycles. The molecular formula is C24H44O. The number of hydrogen-bond donors (Lipinski definition) is 0. The predicted octanol–water partition coefficient (Wildman–Crippen LogP) is 7.38. The summed E-state index contributed by atoms with van der Waals surface area (Å²) in [6.07, 6.45) is 22.4. The van der Waals surface area contributed by atoms with Crippen LogP contribution >= 0.6 is 0 Å². The van der Waals surface area contributed by atoms with Crippen molar-refractivity contribution >= 4 is 0 Å². The van der Waals surface area contributed by atoms with Gasteiger partial charge in [0, 0.05) is 0 Å². The fraction of sp³-hybridized carbons (Fsp3) is 1.00. The molecule has 2 aliphatic carbocycles. The fourth-order valence-electron chi connectivity index (χ4n) is 6.14. The molecule has 0 aromatic rings. The average Bonchev–Trinajstić information content (AvgIpc) is 2.69. The molecule has 0 aromatic carbocycles. The Morgan fingerprint density at radius 2 is 1.28 bits per heavy atom. The van der Waals surface area contributed by atoms with E-state index in [2.05, 4.69) is 13.8 Å². The maximum atomic E-state index is 6.46. The Morgan fingerprint density at radius 1 is 0.640 bits per heavy atom. The van der Waals surface area contributed by atoms with Crippen molar-refractivity contribution in [3.63, 3.8) is 0 Å². The van der Waals surface area contributed by atoms with Gasteiger partial charge >= 0.3 is 0 Å². The number of hydrogen-bond acceptors (Lipinski definition) is 1. The topological polar surface area (TPSA) is 9.23 Å². The number of unbranched alkanes of at least 4 members (excludes halogenated alkanes) is 2. The van der Waals surface area contributed by atoms with Crippen molar-refractivity contribution in [2.75, 3.05) is 6.61 Å². The zero-order chi connectivity index (χ0) is 17.5. The summed E-state index contributed by atoms with van der Waals surface area (Å²) >= 11 is 0. The smallest absolute Gasteiger partial charge is 0.0603 e. The molecule has 0 aromatic heterocycles. The van der Waals surface area contributed by atoms with Crippen molar-refractivity contribution in [3.05, 3.63) is 0 Å². The van der Waals surface area contributed by atoms with E-state index in [-0.39, 0.29) is 0 Å². The molecule has 1 nitrogen and oxygen atoms in total. The van der Waals surface area contributed by atoms with Gasteiger partial charge in [0.1, 0.15) is 0 Å². The van der Waals surface area contributed by atoms with Crippen LogP contribution in [-0.4, -0.2) is 12.7 Å². The summed E-state index contributed by atoms with van der Waals surface area (Å²) in [5, 5.41) is 0. The first-order valence-corrected chi connectivity index (χ1v) is 11.9. The first-order valence-electron chi connectivity index (χ1n) is 11.9. The summed E-state index contributed by atoms with van der Waals surface area (Å²) in [6, 6.07) is 0. The lowest BCUT2D eigenvalue weighted by molar-refractivity contribution is -0.0740. The molecule has 0 spiro atoms. The van der Waals surface area contributed by atoms with E-state index in [1.807, 2.05) is 0 Å². The van der Waals surface area contributed by atoms with E-state index in [1.165, 1.54) is 96.3 Å². The second-order valence-corrected chi connectivity index (χ2v) is 9.67. The first-order chi connectivity index (χ1) is 12.3. The molecule has 25 heavy (non-hydrogen) atoms. The van der Waals surface area contributed by atoms with Gasteiger partial charge in [-0.05, 0) is 68.1 Å². The van der Waals surface area contributed by atoms with Crippen LogP contribution in [0.25, 0.3) is 0 Å². The summed E-state index contributed by atoms with van der Waals surface area (Å²) < 4.78 is 6.46. The molecule has 3 rings (SSSR count). The highest BCUT2D eigenvalue weighted by Crippen LogP contribution is 2.42. The molecule has 0 radical (unpaired) electrons. The van der Waals surface area contributed by atoms with Crippen molar-refractivity contribution in [2.24, 2.45) is 29.6 Å². The minimum Gasteiger partial charge on any atom is -0.378 e. The monoisotopic (exact) mass is 348 g/mol. The van der Waals surface area contributed by atoms with Crippen LogP contribution in [0.1, 0.15) is 110 Å². The lowest BCUT2D eigenvalue weighted by Crippen LogP contribution is -2.37. The summed E-state index contributed by atoms with van der Waals surface area (Å²) in [7, 11) is 0. The van der Waals surface area contributed by atoms with E-state index < -0.39 is 0 Å². The molecule has 0 bridgehead atoms. The van der Waals surface area contributed by atoms with Crippen LogP contribution in [0, 0.1) is 29.6 Å². The normalized spacial score (nSPS) is 40.1. The van der Waals surface area contributed by atoms with E-state index >= 15 is 0 Å². The highest BCUT2D eigenvalue weighted by molar-refractivity contribution is 4.85. The van der Waals surface area contributed by atoms with Gasteiger partial charge in [-0.15, -0.1) is 0 Å². The molecule has 2 unspecified atom stereocenters.